The Bertz CT molecular complexity index is 1180. The van der Waals surface area contributed by atoms with Gasteiger partial charge < -0.3 is 21.0 Å². The number of ether oxygens (including phenoxy) is 1. The first-order valence-electron chi connectivity index (χ1n) is 9.08. The lowest BCUT2D eigenvalue weighted by Crippen LogP contribution is -2.11. The van der Waals surface area contributed by atoms with E-state index in [0.717, 1.165) is 12.1 Å². The molecular formula is C20H18F3N5O3S. The van der Waals surface area contributed by atoms with E-state index in [9.17, 15) is 18.0 Å². The van der Waals surface area contributed by atoms with E-state index >= 15 is 0 Å². The highest BCUT2D eigenvalue weighted by molar-refractivity contribution is 7.09. The van der Waals surface area contributed by atoms with Gasteiger partial charge in [0.05, 0.1) is 35.3 Å². The zero-order valence-corrected chi connectivity index (χ0v) is 17.5. The van der Waals surface area contributed by atoms with Gasteiger partial charge in [-0.3, -0.25) is 4.68 Å². The van der Waals surface area contributed by atoms with Crippen LogP contribution in [0.3, 0.4) is 0 Å². The molecule has 32 heavy (non-hydrogen) atoms. The van der Waals surface area contributed by atoms with E-state index in [1.54, 1.807) is 12.3 Å². The minimum Gasteiger partial charge on any atom is -0.487 e. The van der Waals surface area contributed by atoms with Gasteiger partial charge in [0.2, 0.25) is 0 Å². The van der Waals surface area contributed by atoms with Gasteiger partial charge in [-0.05, 0) is 31.2 Å². The number of nitrogens with one attached hydrogen (secondary N) is 1. The van der Waals surface area contributed by atoms with E-state index in [1.165, 1.54) is 40.6 Å². The first-order chi connectivity index (χ1) is 15.0. The monoisotopic (exact) mass is 465 g/mol. The van der Waals surface area contributed by atoms with E-state index < -0.39 is 17.7 Å². The zero-order chi connectivity index (χ0) is 23.5. The fraction of sp³-hybridized carbons (Fsp3) is 0.200. The Kier molecular flexibility index (Phi) is 6.63. The number of allylic oxidation sites excluding steroid dienone is 1. The maximum absolute atomic E-state index is 13.4. The zero-order valence-electron chi connectivity index (χ0n) is 16.7. The average Bonchev–Trinajstić information content (AvgIpc) is 3.35. The number of aromatic nitrogens is 3. The van der Waals surface area contributed by atoms with Crippen LogP contribution >= 0.6 is 11.3 Å². The second-order valence-electron chi connectivity index (χ2n) is 6.80. The topological polar surface area (TPSA) is 127 Å². The number of carbonyl (C=O) groups is 1. The number of carboxylic acid groups (broad SMARTS) is 1. The van der Waals surface area contributed by atoms with Crippen molar-refractivity contribution in [1.29, 1.82) is 5.41 Å². The smallest absolute Gasteiger partial charge is 0.416 e. The number of hydrogen-bond donors (Lipinski definition) is 3. The largest absolute Gasteiger partial charge is 0.487 e. The summed E-state index contributed by atoms with van der Waals surface area (Å²) in [5.74, 6) is -1.17. The molecule has 0 saturated heterocycles. The minimum atomic E-state index is -4.60. The molecule has 2 aromatic heterocycles. The number of rotatable bonds is 8. The lowest BCUT2D eigenvalue weighted by molar-refractivity contribution is -0.137. The summed E-state index contributed by atoms with van der Waals surface area (Å²) in [4.78, 5) is 15.3. The normalized spacial score (nSPS) is 12.1. The number of thiazole rings is 1. The van der Waals surface area contributed by atoms with Gasteiger partial charge in [-0.15, -0.1) is 11.3 Å². The van der Waals surface area contributed by atoms with Gasteiger partial charge >= 0.3 is 12.1 Å². The molecule has 0 unspecified atom stereocenters. The fourth-order valence-corrected chi connectivity index (χ4v) is 3.48. The first kappa shape index (κ1) is 23.0. The maximum Gasteiger partial charge on any atom is 0.416 e. The van der Waals surface area contributed by atoms with Gasteiger partial charge in [0.15, 0.2) is 0 Å². The minimum absolute atomic E-state index is 0.0138. The number of aromatic carboxylic acids is 1. The molecular weight excluding hydrogens is 447 g/mol. The van der Waals surface area contributed by atoms with E-state index in [0.29, 0.717) is 16.4 Å². The molecule has 3 rings (SSSR count). The molecule has 3 aromatic rings. The Hall–Kier alpha value is -3.67. The molecule has 1 aromatic carbocycles. The number of benzene rings is 1. The second kappa shape index (κ2) is 9.22. The molecule has 0 aliphatic heterocycles. The first-order valence-corrected chi connectivity index (χ1v) is 9.96. The van der Waals surface area contributed by atoms with Crippen LogP contribution in [-0.2, 0) is 12.7 Å². The molecule has 0 radical (unpaired) electrons. The molecule has 0 bridgehead atoms. The molecule has 0 fully saturated rings. The van der Waals surface area contributed by atoms with Gasteiger partial charge in [-0.2, -0.15) is 18.3 Å². The second-order valence-corrected chi connectivity index (χ2v) is 7.75. The van der Waals surface area contributed by atoms with Crippen molar-refractivity contribution in [3.63, 3.8) is 0 Å². The number of nitrogens with two attached hydrogens (primary N) is 1. The number of carboxylic acids is 1. The van der Waals surface area contributed by atoms with Crippen molar-refractivity contribution < 1.29 is 27.8 Å². The SMILES string of the molecule is C/C(N)=C/C(=N)COc1cc(-c2csc(Cn3cc(C(=O)O)cn3)n2)cc(C(F)(F)F)c1. The Morgan fingerprint density at radius 2 is 2.12 bits per heavy atom. The van der Waals surface area contributed by atoms with Gasteiger partial charge in [-0.25, -0.2) is 9.78 Å². The number of hydrogen-bond acceptors (Lipinski definition) is 7. The van der Waals surface area contributed by atoms with Crippen LogP contribution in [0.1, 0.15) is 27.9 Å². The third-order valence-electron chi connectivity index (χ3n) is 4.06. The van der Waals surface area contributed by atoms with Gasteiger partial charge in [-0.1, -0.05) is 0 Å². The Labute approximate surface area is 184 Å². The Morgan fingerprint density at radius 1 is 1.38 bits per heavy atom. The molecule has 4 N–H and O–H groups in total. The van der Waals surface area contributed by atoms with E-state index in [-0.39, 0.29) is 35.7 Å². The summed E-state index contributed by atoms with van der Waals surface area (Å²) in [5, 5.41) is 22.8. The third kappa shape index (κ3) is 5.94. The molecule has 12 heteroatoms. The third-order valence-corrected chi connectivity index (χ3v) is 4.89. The van der Waals surface area contributed by atoms with Gasteiger partial charge in [0.1, 0.15) is 17.4 Å². The van der Waals surface area contributed by atoms with Gasteiger partial charge in [0, 0.05) is 22.8 Å². The van der Waals surface area contributed by atoms with Crippen molar-refractivity contribution in [2.45, 2.75) is 19.6 Å². The average molecular weight is 465 g/mol. The molecule has 0 spiro atoms. The van der Waals surface area contributed by atoms with Crippen molar-refractivity contribution in [3.05, 3.63) is 63.9 Å². The summed E-state index contributed by atoms with van der Waals surface area (Å²) in [7, 11) is 0. The fourth-order valence-electron chi connectivity index (χ4n) is 2.69. The number of nitrogens with zero attached hydrogens (tertiary/aromatic N) is 3. The molecule has 0 saturated carbocycles. The molecule has 0 atom stereocenters. The van der Waals surface area contributed by atoms with Crippen molar-refractivity contribution >= 4 is 23.0 Å². The standard InChI is InChI=1S/C20H18F3N5O3S/c1-11(24)2-15(25)9-31-16-4-12(3-14(5-16)20(21,22)23)17-10-32-18(27-17)8-28-7-13(6-26-28)19(29)30/h2-7,10,25H,8-9,24H2,1H3,(H,29,30)/b11-2-,25-15?. The molecule has 0 aliphatic carbocycles. The Morgan fingerprint density at radius 3 is 2.75 bits per heavy atom. The molecule has 0 amide bonds. The molecule has 2 heterocycles. The highest BCUT2D eigenvalue weighted by atomic mass is 32.1. The summed E-state index contributed by atoms with van der Waals surface area (Å²) in [6.45, 7) is 1.51. The summed E-state index contributed by atoms with van der Waals surface area (Å²) >= 11 is 1.20. The summed E-state index contributed by atoms with van der Waals surface area (Å²) in [6, 6.07) is 3.24. The molecule has 0 aliphatic rings. The van der Waals surface area contributed by atoms with Crippen LogP contribution in [-0.4, -0.2) is 38.2 Å². The van der Waals surface area contributed by atoms with Crippen LogP contribution < -0.4 is 10.5 Å². The highest BCUT2D eigenvalue weighted by Crippen LogP contribution is 2.36. The summed E-state index contributed by atoms with van der Waals surface area (Å²) in [6.07, 6.45) is -0.707. The van der Waals surface area contributed by atoms with Crippen molar-refractivity contribution in [2.24, 2.45) is 5.73 Å². The van der Waals surface area contributed by atoms with E-state index in [1.807, 2.05) is 0 Å². The Balaban J connectivity index is 1.85. The van der Waals surface area contributed by atoms with Crippen LogP contribution in [0.15, 0.2) is 47.7 Å². The molecule has 8 nitrogen and oxygen atoms in total. The summed E-state index contributed by atoms with van der Waals surface area (Å²) < 4.78 is 46.9. The summed E-state index contributed by atoms with van der Waals surface area (Å²) in [5.41, 5.74) is 5.50. The lowest BCUT2D eigenvalue weighted by Gasteiger charge is -2.12. The number of alkyl halides is 3. The van der Waals surface area contributed by atoms with E-state index in [4.69, 9.17) is 21.0 Å². The van der Waals surface area contributed by atoms with E-state index in [2.05, 4.69) is 10.1 Å². The van der Waals surface area contributed by atoms with Gasteiger partial charge in [0.25, 0.3) is 0 Å². The van der Waals surface area contributed by atoms with Crippen LogP contribution in [0.25, 0.3) is 11.3 Å². The molecule has 168 valence electrons. The van der Waals surface area contributed by atoms with Crippen molar-refractivity contribution in [3.8, 4) is 17.0 Å². The highest BCUT2D eigenvalue weighted by Gasteiger charge is 2.32. The predicted octanol–water partition coefficient (Wildman–Crippen LogP) is 4.03. The predicted molar refractivity (Wildman–Crippen MR) is 112 cm³/mol. The van der Waals surface area contributed by atoms with Crippen molar-refractivity contribution in [2.75, 3.05) is 6.61 Å². The maximum atomic E-state index is 13.4. The van der Waals surface area contributed by atoms with Crippen LogP contribution in [0.5, 0.6) is 5.75 Å². The quantitative estimate of drug-likeness (QED) is 0.431. The number of halogens is 3. The van der Waals surface area contributed by atoms with Crippen LogP contribution in [0.2, 0.25) is 0 Å². The lowest BCUT2D eigenvalue weighted by atomic mass is 10.1. The van der Waals surface area contributed by atoms with Crippen LogP contribution in [0, 0.1) is 5.41 Å². The van der Waals surface area contributed by atoms with Crippen LogP contribution in [0.4, 0.5) is 13.2 Å². The van der Waals surface area contributed by atoms with Crippen molar-refractivity contribution in [1.82, 2.24) is 14.8 Å².